The van der Waals surface area contributed by atoms with Crippen LogP contribution in [0.15, 0.2) is 54.6 Å². The minimum atomic E-state index is 0.427. The van der Waals surface area contributed by atoms with Crippen LogP contribution in [-0.4, -0.2) is 5.11 Å². The van der Waals surface area contributed by atoms with E-state index in [-0.39, 0.29) is 0 Å². The number of fused-ring (bicyclic) bond motifs is 5. The van der Waals surface area contributed by atoms with Gasteiger partial charge >= 0.3 is 0 Å². The van der Waals surface area contributed by atoms with Crippen molar-refractivity contribution < 1.29 is 5.11 Å². The molecular formula is C18H14O. The van der Waals surface area contributed by atoms with Gasteiger partial charge in [-0.2, -0.15) is 0 Å². The number of phenols is 1. The number of benzene rings is 3. The van der Waals surface area contributed by atoms with Crippen molar-refractivity contribution in [3.05, 3.63) is 65.7 Å². The Hall–Kier alpha value is -2.28. The number of aromatic hydroxyl groups is 1. The van der Waals surface area contributed by atoms with Gasteiger partial charge in [0.25, 0.3) is 0 Å². The molecule has 0 heterocycles. The highest BCUT2D eigenvalue weighted by Gasteiger charge is 2.20. The maximum atomic E-state index is 10.1. The van der Waals surface area contributed by atoms with E-state index in [0.717, 1.165) is 18.4 Å². The molecule has 0 saturated heterocycles. The first-order valence-corrected chi connectivity index (χ1v) is 6.66. The summed E-state index contributed by atoms with van der Waals surface area (Å²) in [5.41, 5.74) is 4.97. The van der Waals surface area contributed by atoms with E-state index in [2.05, 4.69) is 42.5 Å². The minimum Gasteiger partial charge on any atom is -0.508 e. The van der Waals surface area contributed by atoms with E-state index >= 15 is 0 Å². The molecule has 92 valence electrons. The fourth-order valence-electron chi connectivity index (χ4n) is 3.17. The molecule has 0 amide bonds. The summed E-state index contributed by atoms with van der Waals surface area (Å²) in [6.07, 6.45) is 1.93. The molecule has 1 N–H and O–H groups in total. The number of hydrogen-bond acceptors (Lipinski definition) is 1. The molecule has 3 aromatic rings. The van der Waals surface area contributed by atoms with Crippen molar-refractivity contribution in [3.63, 3.8) is 0 Å². The lowest BCUT2D eigenvalue weighted by molar-refractivity contribution is 0.468. The molecule has 1 nitrogen and oxygen atoms in total. The predicted molar refractivity (Wildman–Crippen MR) is 78.5 cm³/mol. The lowest BCUT2D eigenvalue weighted by Gasteiger charge is -2.22. The van der Waals surface area contributed by atoms with Crippen LogP contribution in [0.4, 0.5) is 0 Å². The Morgan fingerprint density at radius 3 is 2.63 bits per heavy atom. The van der Waals surface area contributed by atoms with Crippen LogP contribution in [0.2, 0.25) is 0 Å². The summed E-state index contributed by atoms with van der Waals surface area (Å²) in [6, 6.07) is 18.7. The molecule has 4 rings (SSSR count). The molecule has 0 atom stereocenters. The van der Waals surface area contributed by atoms with E-state index in [1.54, 1.807) is 6.07 Å². The van der Waals surface area contributed by atoms with Crippen molar-refractivity contribution in [2.45, 2.75) is 12.8 Å². The summed E-state index contributed by atoms with van der Waals surface area (Å²) in [5, 5.41) is 12.6. The lowest BCUT2D eigenvalue weighted by atomic mass is 9.82. The van der Waals surface area contributed by atoms with Gasteiger partial charge in [-0.05, 0) is 46.4 Å². The van der Waals surface area contributed by atoms with Gasteiger partial charge in [0.15, 0.2) is 0 Å². The zero-order valence-corrected chi connectivity index (χ0v) is 10.6. The second kappa shape index (κ2) is 3.86. The van der Waals surface area contributed by atoms with Crippen molar-refractivity contribution in [1.82, 2.24) is 0 Å². The van der Waals surface area contributed by atoms with Crippen molar-refractivity contribution in [2.75, 3.05) is 0 Å². The zero-order chi connectivity index (χ0) is 12.8. The van der Waals surface area contributed by atoms with E-state index in [1.807, 2.05) is 6.07 Å². The van der Waals surface area contributed by atoms with Crippen LogP contribution in [-0.2, 0) is 12.8 Å². The number of hydrogen-bond donors (Lipinski definition) is 1. The van der Waals surface area contributed by atoms with Crippen molar-refractivity contribution in [1.29, 1.82) is 0 Å². The van der Waals surface area contributed by atoms with Crippen molar-refractivity contribution in [2.24, 2.45) is 0 Å². The molecule has 3 aromatic carbocycles. The molecule has 1 heteroatoms. The van der Waals surface area contributed by atoms with Crippen LogP contribution >= 0.6 is 0 Å². The molecule has 0 aromatic heterocycles. The quantitative estimate of drug-likeness (QED) is 0.626. The van der Waals surface area contributed by atoms with E-state index in [0.29, 0.717) is 5.75 Å². The fraction of sp³-hybridized carbons (Fsp3) is 0.111. The third kappa shape index (κ3) is 1.48. The zero-order valence-electron chi connectivity index (χ0n) is 10.6. The average molecular weight is 246 g/mol. The molecule has 0 bridgehead atoms. The van der Waals surface area contributed by atoms with Crippen LogP contribution in [0, 0.1) is 0 Å². The second-order valence-corrected chi connectivity index (χ2v) is 5.12. The monoisotopic (exact) mass is 246 g/mol. The van der Waals surface area contributed by atoms with Crippen LogP contribution in [0.1, 0.15) is 11.1 Å². The van der Waals surface area contributed by atoms with E-state index in [4.69, 9.17) is 0 Å². The third-order valence-corrected chi connectivity index (χ3v) is 4.08. The molecule has 0 unspecified atom stereocenters. The van der Waals surface area contributed by atoms with Gasteiger partial charge in [-0.3, -0.25) is 0 Å². The summed E-state index contributed by atoms with van der Waals surface area (Å²) in [5.74, 6) is 0.427. The first-order valence-electron chi connectivity index (χ1n) is 6.66. The van der Waals surface area contributed by atoms with Gasteiger partial charge in [0.2, 0.25) is 0 Å². The Kier molecular flexibility index (Phi) is 2.16. The maximum absolute atomic E-state index is 10.1. The number of rotatable bonds is 0. The van der Waals surface area contributed by atoms with Gasteiger partial charge in [0.05, 0.1) is 0 Å². The van der Waals surface area contributed by atoms with Gasteiger partial charge in [-0.1, -0.05) is 48.5 Å². The highest BCUT2D eigenvalue weighted by atomic mass is 16.3. The molecule has 19 heavy (non-hydrogen) atoms. The highest BCUT2D eigenvalue weighted by Crippen LogP contribution is 2.41. The van der Waals surface area contributed by atoms with Crippen LogP contribution in [0.25, 0.3) is 21.9 Å². The average Bonchev–Trinajstić information content (AvgIpc) is 2.47. The first-order chi connectivity index (χ1) is 9.34. The Balaban J connectivity index is 2.15. The van der Waals surface area contributed by atoms with Crippen molar-refractivity contribution in [3.8, 4) is 16.9 Å². The summed E-state index contributed by atoms with van der Waals surface area (Å²) in [7, 11) is 0. The molecule has 0 aliphatic heterocycles. The Morgan fingerprint density at radius 1 is 0.789 bits per heavy atom. The Labute approximate surface area is 112 Å². The molecule has 0 fully saturated rings. The first kappa shape index (κ1) is 10.6. The van der Waals surface area contributed by atoms with Crippen LogP contribution < -0.4 is 0 Å². The Bertz CT molecular complexity index is 787. The molecule has 1 aliphatic carbocycles. The Morgan fingerprint density at radius 2 is 1.68 bits per heavy atom. The summed E-state index contributed by atoms with van der Waals surface area (Å²) in [6.45, 7) is 0. The molecule has 0 saturated carbocycles. The van der Waals surface area contributed by atoms with Crippen LogP contribution in [0.3, 0.4) is 0 Å². The van der Waals surface area contributed by atoms with Crippen molar-refractivity contribution >= 4 is 10.8 Å². The highest BCUT2D eigenvalue weighted by molar-refractivity contribution is 6.00. The third-order valence-electron chi connectivity index (χ3n) is 4.08. The number of aryl methyl sites for hydroxylation is 1. The lowest BCUT2D eigenvalue weighted by Crippen LogP contribution is -2.04. The van der Waals surface area contributed by atoms with Crippen LogP contribution in [0.5, 0.6) is 5.75 Å². The van der Waals surface area contributed by atoms with E-state index in [1.165, 1.54) is 27.5 Å². The minimum absolute atomic E-state index is 0.427. The molecular weight excluding hydrogens is 232 g/mol. The topological polar surface area (TPSA) is 20.2 Å². The standard InChI is InChI=1S/C18H14O/c19-17-7-3-6-16-15(17)11-10-13-9-8-12-4-1-2-5-14(12)18(13)16/h1-9,19H,10-11H2. The summed E-state index contributed by atoms with van der Waals surface area (Å²) < 4.78 is 0. The molecule has 1 aliphatic rings. The normalized spacial score (nSPS) is 13.1. The van der Waals surface area contributed by atoms with Gasteiger partial charge in [0.1, 0.15) is 5.75 Å². The van der Waals surface area contributed by atoms with Gasteiger partial charge in [0, 0.05) is 5.56 Å². The van der Waals surface area contributed by atoms with Gasteiger partial charge < -0.3 is 5.11 Å². The second-order valence-electron chi connectivity index (χ2n) is 5.12. The largest absolute Gasteiger partial charge is 0.508 e. The predicted octanol–water partition coefficient (Wildman–Crippen LogP) is 4.31. The summed E-state index contributed by atoms with van der Waals surface area (Å²) in [4.78, 5) is 0. The fourth-order valence-corrected chi connectivity index (χ4v) is 3.17. The maximum Gasteiger partial charge on any atom is 0.119 e. The van der Waals surface area contributed by atoms with Gasteiger partial charge in [-0.15, -0.1) is 0 Å². The molecule has 0 radical (unpaired) electrons. The number of phenolic OH excluding ortho intramolecular Hbond substituents is 1. The van der Waals surface area contributed by atoms with E-state index < -0.39 is 0 Å². The smallest absolute Gasteiger partial charge is 0.119 e. The summed E-state index contributed by atoms with van der Waals surface area (Å²) >= 11 is 0. The van der Waals surface area contributed by atoms with E-state index in [9.17, 15) is 5.11 Å². The van der Waals surface area contributed by atoms with Gasteiger partial charge in [-0.25, -0.2) is 0 Å². The molecule has 0 spiro atoms. The SMILES string of the molecule is Oc1cccc2c1CCc1ccc3ccccc3c1-2.